The van der Waals surface area contributed by atoms with E-state index in [0.29, 0.717) is 45.9 Å². The predicted molar refractivity (Wildman–Crippen MR) is 129 cm³/mol. The van der Waals surface area contributed by atoms with Gasteiger partial charge in [0.25, 0.3) is 0 Å². The van der Waals surface area contributed by atoms with Crippen LogP contribution in [0.3, 0.4) is 0 Å². The number of benzene rings is 2. The van der Waals surface area contributed by atoms with E-state index in [2.05, 4.69) is 15.5 Å². The molecule has 4 aromatic rings. The van der Waals surface area contributed by atoms with E-state index in [1.165, 1.54) is 11.8 Å². The Bertz CT molecular complexity index is 1330. The molecule has 2 aromatic heterocycles. The summed E-state index contributed by atoms with van der Waals surface area (Å²) in [5.41, 5.74) is 1.54. The zero-order valence-electron chi connectivity index (χ0n) is 19.0. The maximum Gasteiger partial charge on any atom is 0.338 e. The molecule has 10 heteroatoms. The molecular weight excluding hydrogens is 456 g/mol. The van der Waals surface area contributed by atoms with Crippen molar-refractivity contribution >= 4 is 40.3 Å². The highest BCUT2D eigenvalue weighted by molar-refractivity contribution is 7.99. The molecule has 0 aliphatic rings. The van der Waals surface area contributed by atoms with E-state index < -0.39 is 5.97 Å². The summed E-state index contributed by atoms with van der Waals surface area (Å²) in [6, 6.07) is 14.2. The number of carbonyl (C=O) groups is 2. The zero-order chi connectivity index (χ0) is 24.1. The molecule has 34 heavy (non-hydrogen) atoms. The number of nitrogens with one attached hydrogen (secondary N) is 1. The van der Waals surface area contributed by atoms with Crippen molar-refractivity contribution in [3.63, 3.8) is 0 Å². The van der Waals surface area contributed by atoms with Gasteiger partial charge in [0, 0.05) is 18.1 Å². The quantitative estimate of drug-likeness (QED) is 0.275. The van der Waals surface area contributed by atoms with Crippen LogP contribution < -0.4 is 10.1 Å². The van der Waals surface area contributed by atoms with Crippen molar-refractivity contribution in [3.05, 3.63) is 54.1 Å². The fourth-order valence-corrected chi connectivity index (χ4v) is 4.00. The Kier molecular flexibility index (Phi) is 7.17. The Labute approximate surface area is 200 Å². The van der Waals surface area contributed by atoms with Crippen molar-refractivity contribution in [3.8, 4) is 17.3 Å². The number of hydrogen-bond donors (Lipinski definition) is 1. The number of rotatable bonds is 9. The number of ether oxygens (including phenoxy) is 2. The Morgan fingerprint density at radius 1 is 1.15 bits per heavy atom. The molecule has 1 N–H and O–H groups in total. The first-order valence-corrected chi connectivity index (χ1v) is 11.6. The molecule has 0 saturated heterocycles. The third-order valence-corrected chi connectivity index (χ3v) is 5.96. The van der Waals surface area contributed by atoms with Crippen LogP contribution in [0.1, 0.15) is 23.7 Å². The molecule has 0 bridgehead atoms. The lowest BCUT2D eigenvalue weighted by Crippen LogP contribution is -2.15. The molecule has 0 unspecified atom stereocenters. The summed E-state index contributed by atoms with van der Waals surface area (Å²) in [5, 5.41) is 12.7. The van der Waals surface area contributed by atoms with Gasteiger partial charge in [0.15, 0.2) is 28.1 Å². The van der Waals surface area contributed by atoms with Gasteiger partial charge in [0.2, 0.25) is 5.91 Å². The minimum absolute atomic E-state index is 0.116. The fourth-order valence-electron chi connectivity index (χ4n) is 3.29. The molecule has 9 nitrogen and oxygen atoms in total. The Morgan fingerprint density at radius 2 is 1.97 bits per heavy atom. The summed E-state index contributed by atoms with van der Waals surface area (Å²) in [4.78, 5) is 24.5. The van der Waals surface area contributed by atoms with Crippen LogP contribution in [0, 0.1) is 0 Å². The SMILES string of the molecule is CCCOC(=O)c1cccc(NC(=O)CSc2nnc(-c3cc4cccc(OC)c4o3)n2C)c1. The molecule has 0 atom stereocenters. The second-order valence-electron chi connectivity index (χ2n) is 7.41. The summed E-state index contributed by atoms with van der Waals surface area (Å²) >= 11 is 1.25. The van der Waals surface area contributed by atoms with E-state index in [0.717, 1.165) is 11.8 Å². The van der Waals surface area contributed by atoms with Crippen LogP contribution in [0.5, 0.6) is 5.75 Å². The molecule has 0 spiro atoms. The number of hydrogen-bond acceptors (Lipinski definition) is 8. The topological polar surface area (TPSA) is 108 Å². The van der Waals surface area contributed by atoms with Crippen molar-refractivity contribution in [1.29, 1.82) is 0 Å². The smallest absolute Gasteiger partial charge is 0.338 e. The number of aromatic nitrogens is 3. The van der Waals surface area contributed by atoms with Gasteiger partial charge in [-0.1, -0.05) is 36.9 Å². The van der Waals surface area contributed by atoms with Gasteiger partial charge in [0.05, 0.1) is 25.0 Å². The van der Waals surface area contributed by atoms with Gasteiger partial charge in [-0.25, -0.2) is 4.79 Å². The minimum Gasteiger partial charge on any atom is -0.493 e. The molecule has 0 aliphatic carbocycles. The Hall–Kier alpha value is -3.79. The molecule has 176 valence electrons. The summed E-state index contributed by atoms with van der Waals surface area (Å²) in [6.07, 6.45) is 0.744. The fraction of sp³-hybridized carbons (Fsp3) is 0.250. The van der Waals surface area contributed by atoms with Crippen LogP contribution in [0.25, 0.3) is 22.6 Å². The van der Waals surface area contributed by atoms with Gasteiger partial charge in [-0.3, -0.25) is 4.79 Å². The van der Waals surface area contributed by atoms with Gasteiger partial charge >= 0.3 is 5.97 Å². The highest BCUT2D eigenvalue weighted by atomic mass is 32.2. The lowest BCUT2D eigenvalue weighted by Gasteiger charge is -2.07. The summed E-state index contributed by atoms with van der Waals surface area (Å²) in [6.45, 7) is 2.28. The zero-order valence-corrected chi connectivity index (χ0v) is 19.8. The molecule has 0 fully saturated rings. The van der Waals surface area contributed by atoms with E-state index in [4.69, 9.17) is 13.9 Å². The lowest BCUT2D eigenvalue weighted by molar-refractivity contribution is -0.113. The molecule has 2 aromatic carbocycles. The summed E-state index contributed by atoms with van der Waals surface area (Å²) < 4.78 is 18.2. The standard InChI is InChI=1S/C24H24N4O5S/c1-4-11-32-23(30)16-8-5-9-17(12-16)25-20(29)14-34-24-27-26-22(28(24)2)19-13-15-7-6-10-18(31-3)21(15)33-19/h5-10,12-13H,4,11,14H2,1-3H3,(H,25,29). The first-order valence-electron chi connectivity index (χ1n) is 10.7. The van der Waals surface area contributed by atoms with Gasteiger partial charge in [0.1, 0.15) is 0 Å². The minimum atomic E-state index is -0.415. The van der Waals surface area contributed by atoms with Gasteiger partial charge in [-0.05, 0) is 36.8 Å². The van der Waals surface area contributed by atoms with Crippen LogP contribution in [0.2, 0.25) is 0 Å². The number of methoxy groups -OCH3 is 1. The van der Waals surface area contributed by atoms with E-state index in [1.807, 2.05) is 38.2 Å². The number of nitrogens with zero attached hydrogens (tertiary/aromatic N) is 3. The lowest BCUT2D eigenvalue weighted by atomic mass is 10.2. The maximum atomic E-state index is 12.5. The van der Waals surface area contributed by atoms with Crippen LogP contribution in [-0.4, -0.2) is 46.1 Å². The van der Waals surface area contributed by atoms with E-state index in [9.17, 15) is 9.59 Å². The van der Waals surface area contributed by atoms with Crippen LogP contribution >= 0.6 is 11.8 Å². The number of carbonyl (C=O) groups excluding carboxylic acids is 2. The second-order valence-corrected chi connectivity index (χ2v) is 8.35. The first-order chi connectivity index (χ1) is 16.5. The van der Waals surface area contributed by atoms with Crippen molar-refractivity contribution in [2.45, 2.75) is 18.5 Å². The molecule has 0 radical (unpaired) electrons. The number of esters is 1. The third-order valence-electron chi connectivity index (χ3n) is 4.93. The van der Waals surface area contributed by atoms with Gasteiger partial charge in [-0.15, -0.1) is 10.2 Å². The van der Waals surface area contributed by atoms with Crippen LogP contribution in [-0.2, 0) is 16.6 Å². The van der Waals surface area contributed by atoms with Crippen molar-refractivity contribution < 1.29 is 23.5 Å². The summed E-state index contributed by atoms with van der Waals surface area (Å²) in [7, 11) is 3.40. The van der Waals surface area contributed by atoms with Crippen molar-refractivity contribution in [2.24, 2.45) is 7.05 Å². The number of anilines is 1. The average Bonchev–Trinajstić information content (AvgIpc) is 3.44. The monoisotopic (exact) mass is 480 g/mol. The Balaban J connectivity index is 1.41. The van der Waals surface area contributed by atoms with Crippen LogP contribution in [0.15, 0.2) is 58.1 Å². The second kappa shape index (κ2) is 10.4. The highest BCUT2D eigenvalue weighted by Gasteiger charge is 2.18. The molecule has 4 rings (SSSR count). The van der Waals surface area contributed by atoms with Gasteiger partial charge in [-0.2, -0.15) is 0 Å². The molecular formula is C24H24N4O5S. The number of amides is 1. The van der Waals surface area contributed by atoms with E-state index >= 15 is 0 Å². The number of furan rings is 1. The van der Waals surface area contributed by atoms with Crippen molar-refractivity contribution in [1.82, 2.24) is 14.8 Å². The molecule has 0 aliphatic heterocycles. The number of thioether (sulfide) groups is 1. The number of para-hydroxylation sites is 1. The molecule has 2 heterocycles. The predicted octanol–water partition coefficient (Wildman–Crippen LogP) is 4.53. The molecule has 1 amide bonds. The first kappa shape index (κ1) is 23.4. The largest absolute Gasteiger partial charge is 0.493 e. The highest BCUT2D eigenvalue weighted by Crippen LogP contribution is 2.33. The third kappa shape index (κ3) is 5.07. The van der Waals surface area contributed by atoms with Crippen molar-refractivity contribution in [2.75, 3.05) is 24.8 Å². The van der Waals surface area contributed by atoms with Crippen LogP contribution in [0.4, 0.5) is 5.69 Å². The average molecular weight is 481 g/mol. The van der Waals surface area contributed by atoms with E-state index in [-0.39, 0.29) is 11.7 Å². The summed E-state index contributed by atoms with van der Waals surface area (Å²) in [5.74, 6) is 1.20. The van der Waals surface area contributed by atoms with E-state index in [1.54, 1.807) is 35.9 Å². The normalized spacial score (nSPS) is 10.9. The Morgan fingerprint density at radius 3 is 2.76 bits per heavy atom. The van der Waals surface area contributed by atoms with Gasteiger partial charge < -0.3 is 23.8 Å². The number of fused-ring (bicyclic) bond motifs is 1. The maximum absolute atomic E-state index is 12.5. The molecule has 0 saturated carbocycles.